The van der Waals surface area contributed by atoms with E-state index in [1.54, 1.807) is 0 Å². The van der Waals surface area contributed by atoms with Gasteiger partial charge in [-0.3, -0.25) is 5.32 Å². The van der Waals surface area contributed by atoms with Gasteiger partial charge in [0.15, 0.2) is 5.79 Å². The third-order valence-corrected chi connectivity index (χ3v) is 5.72. The first-order valence-corrected chi connectivity index (χ1v) is 10.7. The van der Waals surface area contributed by atoms with Gasteiger partial charge in [-0.25, -0.2) is 0 Å². The van der Waals surface area contributed by atoms with Crippen molar-refractivity contribution in [1.29, 1.82) is 5.26 Å². The topological polar surface area (TPSA) is 54.3 Å². The fraction of sp³-hybridized carbons (Fsp3) is 0.296. The molecule has 0 radical (unpaired) electrons. The van der Waals surface area contributed by atoms with E-state index in [2.05, 4.69) is 35.7 Å². The number of hydrogen-bond acceptors (Lipinski definition) is 4. The fourth-order valence-electron chi connectivity index (χ4n) is 4.17. The van der Waals surface area contributed by atoms with Gasteiger partial charge in [0, 0.05) is 6.42 Å². The number of ether oxygens (including phenoxy) is 2. The van der Waals surface area contributed by atoms with Gasteiger partial charge in [-0.15, -0.1) is 0 Å². The van der Waals surface area contributed by atoms with Gasteiger partial charge in [0.05, 0.1) is 18.7 Å². The van der Waals surface area contributed by atoms with Crippen LogP contribution >= 0.6 is 0 Å². The molecule has 4 rings (SSSR count). The SMILES string of the molecule is CC1(C)OC[C@H](N[C@](C#N)(Cc2ccccc2)c2ccccc2)[C@H](c2ccccc2)O1. The van der Waals surface area contributed by atoms with Crippen LogP contribution in [0.4, 0.5) is 0 Å². The Labute approximate surface area is 184 Å². The van der Waals surface area contributed by atoms with Crippen LogP contribution < -0.4 is 5.32 Å². The monoisotopic (exact) mass is 412 g/mol. The molecule has 1 N–H and O–H groups in total. The molecular weight excluding hydrogens is 384 g/mol. The van der Waals surface area contributed by atoms with Crippen LogP contribution in [0.25, 0.3) is 0 Å². The highest BCUT2D eigenvalue weighted by molar-refractivity contribution is 5.36. The van der Waals surface area contributed by atoms with E-state index in [9.17, 15) is 5.26 Å². The summed E-state index contributed by atoms with van der Waals surface area (Å²) in [5, 5.41) is 14.1. The van der Waals surface area contributed by atoms with Gasteiger partial charge in [0.2, 0.25) is 0 Å². The van der Waals surface area contributed by atoms with E-state index in [0.29, 0.717) is 13.0 Å². The molecule has 4 nitrogen and oxygen atoms in total. The Bertz CT molecular complexity index is 1020. The second-order valence-electron chi connectivity index (χ2n) is 8.46. The first-order chi connectivity index (χ1) is 15.0. The molecule has 1 fully saturated rings. The van der Waals surface area contributed by atoms with Crippen LogP contribution in [0.2, 0.25) is 0 Å². The zero-order valence-electron chi connectivity index (χ0n) is 18.0. The van der Waals surface area contributed by atoms with Crippen LogP contribution in [-0.2, 0) is 21.4 Å². The first kappa shape index (κ1) is 21.3. The molecule has 4 heteroatoms. The van der Waals surface area contributed by atoms with Crippen LogP contribution in [0.3, 0.4) is 0 Å². The minimum absolute atomic E-state index is 0.195. The van der Waals surface area contributed by atoms with Crippen molar-refractivity contribution in [2.75, 3.05) is 6.61 Å². The van der Waals surface area contributed by atoms with Crippen molar-refractivity contribution < 1.29 is 9.47 Å². The minimum atomic E-state index is -0.922. The van der Waals surface area contributed by atoms with E-state index in [0.717, 1.165) is 16.7 Å². The molecule has 0 aliphatic carbocycles. The summed E-state index contributed by atoms with van der Waals surface area (Å²) in [6.45, 7) is 4.30. The van der Waals surface area contributed by atoms with Crippen molar-refractivity contribution in [2.45, 2.75) is 43.7 Å². The van der Waals surface area contributed by atoms with Gasteiger partial charge in [-0.2, -0.15) is 5.26 Å². The van der Waals surface area contributed by atoms with Crippen molar-refractivity contribution in [3.63, 3.8) is 0 Å². The Morgan fingerprint density at radius 1 is 0.935 bits per heavy atom. The van der Waals surface area contributed by atoms with Crippen LogP contribution in [0.5, 0.6) is 0 Å². The number of nitriles is 1. The first-order valence-electron chi connectivity index (χ1n) is 10.7. The van der Waals surface area contributed by atoms with E-state index >= 15 is 0 Å². The number of hydrogen-bond donors (Lipinski definition) is 1. The van der Waals surface area contributed by atoms with Crippen LogP contribution in [-0.4, -0.2) is 18.4 Å². The van der Waals surface area contributed by atoms with Gasteiger partial charge in [-0.05, 0) is 30.5 Å². The lowest BCUT2D eigenvalue weighted by Gasteiger charge is -2.44. The van der Waals surface area contributed by atoms with Gasteiger partial charge >= 0.3 is 0 Å². The van der Waals surface area contributed by atoms with Crippen molar-refractivity contribution in [1.82, 2.24) is 5.32 Å². The second-order valence-corrected chi connectivity index (χ2v) is 8.46. The predicted octanol–water partition coefficient (Wildman–Crippen LogP) is 5.13. The Morgan fingerprint density at radius 3 is 2.13 bits per heavy atom. The normalized spacial score (nSPS) is 22.2. The van der Waals surface area contributed by atoms with E-state index in [1.165, 1.54) is 0 Å². The molecule has 1 aliphatic rings. The molecule has 31 heavy (non-hydrogen) atoms. The highest BCUT2D eigenvalue weighted by Crippen LogP contribution is 2.36. The summed E-state index contributed by atoms with van der Waals surface area (Å²) < 4.78 is 12.4. The van der Waals surface area contributed by atoms with E-state index in [4.69, 9.17) is 9.47 Å². The van der Waals surface area contributed by atoms with Crippen LogP contribution in [0.1, 0.15) is 36.6 Å². The summed E-state index contributed by atoms with van der Waals surface area (Å²) in [4.78, 5) is 0. The standard InChI is InChI=1S/C27H28N2O2/c1-26(2)30-19-24(25(31-26)22-14-8-4-9-15-22)29-27(20-28,23-16-10-5-11-17-23)18-21-12-6-3-7-13-21/h3-17,24-25,29H,18-19H2,1-2H3/t24-,25-,27-/m0/s1. The summed E-state index contributed by atoms with van der Waals surface area (Å²) in [6.07, 6.45) is 0.299. The average molecular weight is 413 g/mol. The van der Waals surface area contributed by atoms with E-state index in [-0.39, 0.29) is 12.1 Å². The van der Waals surface area contributed by atoms with Crippen molar-refractivity contribution >= 4 is 0 Å². The van der Waals surface area contributed by atoms with Crippen LogP contribution in [0.15, 0.2) is 91.0 Å². The lowest BCUT2D eigenvalue weighted by Crippen LogP contribution is -2.57. The van der Waals surface area contributed by atoms with Gasteiger partial charge < -0.3 is 9.47 Å². The number of benzene rings is 3. The molecular formula is C27H28N2O2. The summed E-state index contributed by atoms with van der Waals surface area (Å²) in [5.74, 6) is -0.694. The predicted molar refractivity (Wildman–Crippen MR) is 121 cm³/mol. The second kappa shape index (κ2) is 9.03. The molecule has 3 aromatic carbocycles. The third-order valence-electron chi connectivity index (χ3n) is 5.72. The minimum Gasteiger partial charge on any atom is -0.349 e. The van der Waals surface area contributed by atoms with Crippen molar-refractivity contribution in [3.8, 4) is 6.07 Å². The maximum absolute atomic E-state index is 10.5. The molecule has 3 atom stereocenters. The molecule has 0 spiro atoms. The maximum atomic E-state index is 10.5. The lowest BCUT2D eigenvalue weighted by molar-refractivity contribution is -0.286. The maximum Gasteiger partial charge on any atom is 0.163 e. The molecule has 0 bridgehead atoms. The molecule has 0 unspecified atom stereocenters. The van der Waals surface area contributed by atoms with Crippen molar-refractivity contribution in [3.05, 3.63) is 108 Å². The van der Waals surface area contributed by atoms with E-state index < -0.39 is 11.3 Å². The van der Waals surface area contributed by atoms with E-state index in [1.807, 2.05) is 80.6 Å². The van der Waals surface area contributed by atoms with Crippen molar-refractivity contribution in [2.24, 2.45) is 0 Å². The van der Waals surface area contributed by atoms with Crippen LogP contribution in [0, 0.1) is 11.3 Å². The smallest absolute Gasteiger partial charge is 0.163 e. The molecule has 0 saturated carbocycles. The number of nitrogens with zero attached hydrogens (tertiary/aromatic N) is 1. The highest BCUT2D eigenvalue weighted by Gasteiger charge is 2.43. The average Bonchev–Trinajstić information content (AvgIpc) is 2.81. The third kappa shape index (κ3) is 4.86. The Hall–Kier alpha value is -2.97. The zero-order chi connectivity index (χ0) is 21.7. The fourth-order valence-corrected chi connectivity index (χ4v) is 4.17. The molecule has 3 aromatic rings. The van der Waals surface area contributed by atoms with Gasteiger partial charge in [0.25, 0.3) is 0 Å². The Morgan fingerprint density at radius 2 is 1.52 bits per heavy atom. The Balaban J connectivity index is 1.72. The quantitative estimate of drug-likeness (QED) is 0.610. The largest absolute Gasteiger partial charge is 0.349 e. The summed E-state index contributed by atoms with van der Waals surface area (Å²) >= 11 is 0. The zero-order valence-corrected chi connectivity index (χ0v) is 18.0. The molecule has 1 aliphatic heterocycles. The van der Waals surface area contributed by atoms with Gasteiger partial charge in [0.1, 0.15) is 11.6 Å². The Kier molecular flexibility index (Phi) is 6.20. The highest BCUT2D eigenvalue weighted by atomic mass is 16.7. The summed E-state index contributed by atoms with van der Waals surface area (Å²) in [5.41, 5.74) is 2.16. The molecule has 158 valence electrons. The molecule has 0 aromatic heterocycles. The molecule has 1 saturated heterocycles. The molecule has 0 amide bonds. The van der Waals surface area contributed by atoms with Gasteiger partial charge in [-0.1, -0.05) is 91.0 Å². The summed E-state index contributed by atoms with van der Waals surface area (Å²) in [7, 11) is 0. The number of nitrogens with one attached hydrogen (secondary N) is 1. The lowest BCUT2D eigenvalue weighted by atomic mass is 9.83. The number of rotatable bonds is 6. The molecule has 1 heterocycles. The summed E-state index contributed by atoms with van der Waals surface area (Å²) in [6, 6.07) is 32.6.